The largest absolute Gasteiger partial charge is 0.278 e. The normalized spacial score (nSPS) is 11.6. The summed E-state index contributed by atoms with van der Waals surface area (Å²) < 4.78 is 27.6. The van der Waals surface area contributed by atoms with Crippen LogP contribution in [-0.2, 0) is 21.4 Å². The average molecular weight is 501 g/mol. The summed E-state index contributed by atoms with van der Waals surface area (Å²) in [6, 6.07) is 18.9. The van der Waals surface area contributed by atoms with Gasteiger partial charge in [0.15, 0.2) is 0 Å². The molecule has 0 radical (unpaired) electrons. The second-order valence-corrected chi connectivity index (χ2v) is 9.63. The van der Waals surface area contributed by atoms with Crippen molar-refractivity contribution in [2.24, 2.45) is 5.10 Å². The van der Waals surface area contributed by atoms with E-state index in [-0.39, 0.29) is 22.7 Å². The van der Waals surface area contributed by atoms with Crippen LogP contribution in [0.15, 0.2) is 82.8 Å². The first-order valence-corrected chi connectivity index (χ1v) is 11.9. The molecule has 11 heteroatoms. The van der Waals surface area contributed by atoms with Crippen LogP contribution in [0.5, 0.6) is 0 Å². The molecule has 0 bridgehead atoms. The number of sulfonamides is 1. The fourth-order valence-electron chi connectivity index (χ4n) is 3.03. The Morgan fingerprint density at radius 3 is 2.41 bits per heavy atom. The molecule has 0 saturated heterocycles. The molecule has 1 amide bonds. The van der Waals surface area contributed by atoms with E-state index in [4.69, 9.17) is 11.6 Å². The Kier molecular flexibility index (Phi) is 8.11. The quantitative estimate of drug-likeness (QED) is 0.271. The Labute approximate surface area is 201 Å². The van der Waals surface area contributed by atoms with Gasteiger partial charge in [0.1, 0.15) is 0 Å². The first-order valence-electron chi connectivity index (χ1n) is 10.0. The minimum atomic E-state index is -4.05. The number of hydrogen-bond donors (Lipinski definition) is 1. The highest BCUT2D eigenvalue weighted by Gasteiger charge is 2.27. The third kappa shape index (κ3) is 6.25. The van der Waals surface area contributed by atoms with Crippen LogP contribution >= 0.6 is 11.6 Å². The molecule has 0 spiro atoms. The van der Waals surface area contributed by atoms with Gasteiger partial charge in [-0.05, 0) is 36.8 Å². The molecule has 0 unspecified atom stereocenters. The summed E-state index contributed by atoms with van der Waals surface area (Å²) in [7, 11) is -4.05. The van der Waals surface area contributed by atoms with E-state index < -0.39 is 27.4 Å². The Bertz CT molecular complexity index is 1330. The lowest BCUT2D eigenvalue weighted by molar-refractivity contribution is -0.385. The van der Waals surface area contributed by atoms with Gasteiger partial charge < -0.3 is 0 Å². The fourth-order valence-corrected chi connectivity index (χ4v) is 4.60. The Hall–Kier alpha value is -3.60. The van der Waals surface area contributed by atoms with Crippen LogP contribution in [-0.4, -0.2) is 36.3 Å². The predicted octanol–water partition coefficient (Wildman–Crippen LogP) is 3.90. The summed E-state index contributed by atoms with van der Waals surface area (Å²) >= 11 is 6.21. The van der Waals surface area contributed by atoms with Crippen LogP contribution < -0.4 is 5.43 Å². The van der Waals surface area contributed by atoms with Gasteiger partial charge in [0.05, 0.1) is 28.1 Å². The van der Waals surface area contributed by atoms with Crippen LogP contribution in [0.1, 0.15) is 16.7 Å². The molecule has 0 saturated carbocycles. The molecule has 176 valence electrons. The summed E-state index contributed by atoms with van der Waals surface area (Å²) in [6.07, 6.45) is 1.13. The highest BCUT2D eigenvalue weighted by atomic mass is 35.5. The summed E-state index contributed by atoms with van der Waals surface area (Å²) in [5.41, 5.74) is 3.65. The molecule has 0 aliphatic carbocycles. The van der Waals surface area contributed by atoms with E-state index in [0.717, 1.165) is 16.1 Å². The van der Waals surface area contributed by atoms with Crippen molar-refractivity contribution in [1.29, 1.82) is 0 Å². The van der Waals surface area contributed by atoms with E-state index in [9.17, 15) is 23.3 Å². The standard InChI is InChI=1S/C23H21ClN4O5S/c1-17-10-12-20(13-11-17)34(32,33)27(15-19-7-2-4-8-21(19)24)16-23(29)26-25-14-18-6-3-5-9-22(18)28(30)31/h2-14H,15-16H2,1H3,(H,26,29)/b25-14-. The number of nitro benzene ring substituents is 1. The maximum atomic E-state index is 13.3. The lowest BCUT2D eigenvalue weighted by Crippen LogP contribution is -2.39. The number of hydrazone groups is 1. The monoisotopic (exact) mass is 500 g/mol. The number of nitro groups is 1. The van der Waals surface area contributed by atoms with Gasteiger partial charge in [-0.1, -0.05) is 59.6 Å². The number of aryl methyl sites for hydroxylation is 1. The first kappa shape index (κ1) is 25.0. The van der Waals surface area contributed by atoms with E-state index in [1.54, 1.807) is 42.5 Å². The molecule has 0 aliphatic heterocycles. The van der Waals surface area contributed by atoms with Crippen LogP contribution in [0.4, 0.5) is 5.69 Å². The van der Waals surface area contributed by atoms with Gasteiger partial charge in [0, 0.05) is 17.6 Å². The van der Waals surface area contributed by atoms with Gasteiger partial charge in [-0.25, -0.2) is 13.8 Å². The van der Waals surface area contributed by atoms with Gasteiger partial charge >= 0.3 is 0 Å². The summed E-state index contributed by atoms with van der Waals surface area (Å²) in [6.45, 7) is 1.15. The first-order chi connectivity index (χ1) is 16.2. The van der Waals surface area contributed by atoms with E-state index in [2.05, 4.69) is 10.5 Å². The number of nitrogens with one attached hydrogen (secondary N) is 1. The summed E-state index contributed by atoms with van der Waals surface area (Å²) in [4.78, 5) is 23.1. The zero-order chi connectivity index (χ0) is 24.7. The molecule has 0 atom stereocenters. The van der Waals surface area contributed by atoms with Crippen molar-refractivity contribution in [3.63, 3.8) is 0 Å². The summed E-state index contributed by atoms with van der Waals surface area (Å²) in [5, 5.41) is 15.2. The average Bonchev–Trinajstić information content (AvgIpc) is 2.80. The summed E-state index contributed by atoms with van der Waals surface area (Å²) in [5.74, 6) is -0.724. The van der Waals surface area contributed by atoms with Crippen molar-refractivity contribution < 1.29 is 18.1 Å². The highest BCUT2D eigenvalue weighted by molar-refractivity contribution is 7.89. The number of nitrogens with zero attached hydrogens (tertiary/aromatic N) is 3. The number of benzene rings is 3. The molecule has 3 aromatic carbocycles. The Balaban J connectivity index is 1.82. The number of amides is 1. The molecule has 9 nitrogen and oxygen atoms in total. The van der Waals surface area contributed by atoms with Gasteiger partial charge in [0.2, 0.25) is 10.0 Å². The molecule has 34 heavy (non-hydrogen) atoms. The van der Waals surface area contributed by atoms with E-state index in [1.807, 2.05) is 6.92 Å². The maximum absolute atomic E-state index is 13.3. The van der Waals surface area contributed by atoms with Crippen molar-refractivity contribution in [2.75, 3.05) is 6.54 Å². The molecular formula is C23H21ClN4O5S. The van der Waals surface area contributed by atoms with Crippen LogP contribution in [0, 0.1) is 17.0 Å². The van der Waals surface area contributed by atoms with Crippen LogP contribution in [0.3, 0.4) is 0 Å². The smallest absolute Gasteiger partial charge is 0.272 e. The second-order valence-electron chi connectivity index (χ2n) is 7.29. The lowest BCUT2D eigenvalue weighted by Gasteiger charge is -2.22. The van der Waals surface area contributed by atoms with Crippen molar-refractivity contribution in [2.45, 2.75) is 18.4 Å². The molecular weight excluding hydrogens is 480 g/mol. The molecule has 0 aliphatic rings. The van der Waals surface area contributed by atoms with Crippen molar-refractivity contribution in [3.05, 3.63) is 105 Å². The molecule has 0 heterocycles. The minimum absolute atomic E-state index is 0.0290. The maximum Gasteiger partial charge on any atom is 0.278 e. The number of rotatable bonds is 9. The lowest BCUT2D eigenvalue weighted by atomic mass is 10.2. The van der Waals surface area contributed by atoms with Gasteiger partial charge in [-0.2, -0.15) is 9.41 Å². The third-order valence-corrected chi connectivity index (χ3v) is 6.98. The van der Waals surface area contributed by atoms with Gasteiger partial charge in [-0.3, -0.25) is 14.9 Å². The van der Waals surface area contributed by atoms with E-state index in [1.165, 1.54) is 30.3 Å². The van der Waals surface area contributed by atoms with E-state index >= 15 is 0 Å². The topological polar surface area (TPSA) is 122 Å². The highest BCUT2D eigenvalue weighted by Crippen LogP contribution is 2.22. The molecule has 3 rings (SSSR count). The van der Waals surface area contributed by atoms with Crippen LogP contribution in [0.2, 0.25) is 5.02 Å². The van der Waals surface area contributed by atoms with Crippen molar-refractivity contribution >= 4 is 39.4 Å². The molecule has 3 aromatic rings. The molecule has 0 fully saturated rings. The number of carbonyl (C=O) groups excluding carboxylic acids is 1. The molecule has 0 aromatic heterocycles. The fraction of sp³-hybridized carbons (Fsp3) is 0.130. The number of para-hydroxylation sites is 1. The Morgan fingerprint density at radius 1 is 1.09 bits per heavy atom. The number of carbonyl (C=O) groups is 1. The van der Waals surface area contributed by atoms with Gasteiger partial charge in [-0.15, -0.1) is 0 Å². The Morgan fingerprint density at radius 2 is 1.74 bits per heavy atom. The SMILES string of the molecule is Cc1ccc(S(=O)(=O)N(CC(=O)N/N=C\c2ccccc2[N+](=O)[O-])Cc2ccccc2Cl)cc1. The number of hydrogen-bond acceptors (Lipinski definition) is 6. The van der Waals surface area contributed by atoms with Crippen molar-refractivity contribution in [3.8, 4) is 0 Å². The number of halogens is 1. The van der Waals surface area contributed by atoms with E-state index in [0.29, 0.717) is 10.6 Å². The minimum Gasteiger partial charge on any atom is -0.272 e. The third-order valence-electron chi connectivity index (χ3n) is 4.81. The van der Waals surface area contributed by atoms with Gasteiger partial charge in [0.25, 0.3) is 11.6 Å². The zero-order valence-electron chi connectivity index (χ0n) is 18.1. The second kappa shape index (κ2) is 11.0. The van der Waals surface area contributed by atoms with Crippen LogP contribution in [0.25, 0.3) is 0 Å². The van der Waals surface area contributed by atoms with Crippen molar-refractivity contribution in [1.82, 2.24) is 9.73 Å². The predicted molar refractivity (Wildman–Crippen MR) is 129 cm³/mol. The zero-order valence-corrected chi connectivity index (χ0v) is 19.7. The molecule has 1 N–H and O–H groups in total.